The summed E-state index contributed by atoms with van der Waals surface area (Å²) < 4.78 is 21.7. The van der Waals surface area contributed by atoms with Gasteiger partial charge in [0.2, 0.25) is 12.0 Å². The normalized spacial score (nSPS) is 14.6. The van der Waals surface area contributed by atoms with Crippen LogP contribution >= 0.6 is 0 Å². The molecule has 1 aliphatic heterocycles. The second-order valence-corrected chi connectivity index (χ2v) is 8.80. The van der Waals surface area contributed by atoms with Crippen molar-refractivity contribution >= 4 is 28.9 Å². The predicted molar refractivity (Wildman–Crippen MR) is 146 cm³/mol. The first-order valence-electron chi connectivity index (χ1n) is 12.5. The lowest BCUT2D eigenvalue weighted by atomic mass is 10.0. The summed E-state index contributed by atoms with van der Waals surface area (Å²) in [5.41, 5.74) is 2.66. The largest absolute Gasteiger partial charge is 0.478 e. The number of carbonyl (C=O) groups excluding carboxylic acids is 2. The first kappa shape index (κ1) is 24.9. The van der Waals surface area contributed by atoms with Gasteiger partial charge in [-0.15, -0.1) is 0 Å². The number of nitrogens with zero attached hydrogens (tertiary/aromatic N) is 5. The van der Waals surface area contributed by atoms with E-state index in [2.05, 4.69) is 30.7 Å². The van der Waals surface area contributed by atoms with Crippen molar-refractivity contribution in [3.63, 3.8) is 0 Å². The number of amides is 2. The molecular weight excluding hydrogens is 513 g/mol. The molecule has 0 unspecified atom stereocenters. The Kier molecular flexibility index (Phi) is 6.44. The Morgan fingerprint density at radius 1 is 1.05 bits per heavy atom. The molecule has 40 heavy (non-hydrogen) atoms. The number of benzodiazepines with no additional fused rings is 1. The second-order valence-electron chi connectivity index (χ2n) is 8.80. The van der Waals surface area contributed by atoms with Crippen molar-refractivity contribution < 1.29 is 18.7 Å². The van der Waals surface area contributed by atoms with E-state index >= 15 is 0 Å². The molecule has 198 valence electrons. The van der Waals surface area contributed by atoms with Crippen LogP contribution in [0.3, 0.4) is 0 Å². The zero-order valence-corrected chi connectivity index (χ0v) is 21.2. The minimum Gasteiger partial charge on any atom is -0.478 e. The van der Waals surface area contributed by atoms with Crippen molar-refractivity contribution in [1.82, 2.24) is 24.9 Å². The Morgan fingerprint density at radius 2 is 1.90 bits per heavy atom. The van der Waals surface area contributed by atoms with E-state index in [-0.39, 0.29) is 16.9 Å². The van der Waals surface area contributed by atoms with Crippen LogP contribution in [0.1, 0.15) is 28.4 Å². The molecule has 2 aromatic carbocycles. The van der Waals surface area contributed by atoms with Crippen LogP contribution in [-0.4, -0.2) is 49.9 Å². The highest BCUT2D eigenvalue weighted by Crippen LogP contribution is 2.28. The molecule has 0 aliphatic carbocycles. The topological polar surface area (TPSA) is 123 Å². The van der Waals surface area contributed by atoms with Crippen LogP contribution in [0.25, 0.3) is 16.9 Å². The Bertz CT molecular complexity index is 1770. The number of anilines is 1. The molecule has 1 aliphatic rings. The molecule has 2 N–H and O–H groups in total. The van der Waals surface area contributed by atoms with Gasteiger partial charge in [-0.25, -0.2) is 23.9 Å². The van der Waals surface area contributed by atoms with Crippen LogP contribution in [0, 0.1) is 5.82 Å². The van der Waals surface area contributed by atoms with Crippen molar-refractivity contribution in [2.75, 3.05) is 11.9 Å². The van der Waals surface area contributed by atoms with E-state index in [0.29, 0.717) is 40.6 Å². The van der Waals surface area contributed by atoms with Crippen LogP contribution in [0.2, 0.25) is 0 Å². The summed E-state index contributed by atoms with van der Waals surface area (Å²) in [6.45, 7) is 2.31. The predicted octanol–water partition coefficient (Wildman–Crippen LogP) is 3.87. The number of nitrogens with one attached hydrogen (secondary N) is 2. The number of halogens is 1. The Hall–Kier alpha value is -5.45. The molecule has 4 heterocycles. The van der Waals surface area contributed by atoms with Crippen molar-refractivity contribution in [2.45, 2.75) is 13.1 Å². The third-order valence-corrected chi connectivity index (χ3v) is 6.26. The van der Waals surface area contributed by atoms with E-state index in [1.54, 1.807) is 54.9 Å². The van der Waals surface area contributed by atoms with Gasteiger partial charge >= 0.3 is 0 Å². The molecule has 1 atom stereocenters. The van der Waals surface area contributed by atoms with Gasteiger partial charge in [0.25, 0.3) is 11.8 Å². The molecule has 0 bridgehead atoms. The van der Waals surface area contributed by atoms with Crippen molar-refractivity contribution in [2.24, 2.45) is 4.99 Å². The van der Waals surface area contributed by atoms with Crippen molar-refractivity contribution in [3.8, 4) is 17.1 Å². The zero-order chi connectivity index (χ0) is 27.6. The molecule has 0 spiro atoms. The number of para-hydroxylation sites is 1. The number of fused-ring (bicyclic) bond motifs is 2. The molecule has 11 heteroatoms. The van der Waals surface area contributed by atoms with Gasteiger partial charge in [-0.05, 0) is 25.1 Å². The van der Waals surface area contributed by atoms with Gasteiger partial charge in [0.15, 0.2) is 5.65 Å². The number of ether oxygens (including phenoxy) is 1. The fourth-order valence-electron chi connectivity index (χ4n) is 4.47. The Morgan fingerprint density at radius 3 is 2.67 bits per heavy atom. The maximum Gasteiger partial charge on any atom is 0.269 e. The quantitative estimate of drug-likeness (QED) is 0.340. The summed E-state index contributed by atoms with van der Waals surface area (Å²) in [6, 6.07) is 18.6. The summed E-state index contributed by atoms with van der Waals surface area (Å²) in [6.07, 6.45) is 3.37. The lowest BCUT2D eigenvalue weighted by molar-refractivity contribution is -0.117. The SMILES string of the molecule is CCOc1ccc(-c2nn3cccnc3c2C(=O)N[C@H]2N=C(c3ccccc3)c3cccc(F)c3NC2=O)cn1. The minimum atomic E-state index is -1.38. The van der Waals surface area contributed by atoms with E-state index < -0.39 is 23.8 Å². The molecule has 2 amide bonds. The van der Waals surface area contributed by atoms with Gasteiger partial charge in [0, 0.05) is 41.3 Å². The van der Waals surface area contributed by atoms with Gasteiger partial charge < -0.3 is 15.4 Å². The highest BCUT2D eigenvalue weighted by Gasteiger charge is 2.31. The fourth-order valence-corrected chi connectivity index (χ4v) is 4.47. The molecule has 6 rings (SSSR count). The standard InChI is InChI=1S/C29H22FN7O3/c1-2-40-21-13-12-18(16-32-21)24-22(27-31-14-7-15-37(27)36-24)28(38)35-26-29(39)34-25-19(10-6-11-20(25)30)23(33-26)17-8-4-3-5-9-17/h3-16,26H,2H2,1H3,(H,34,39)(H,35,38)/t26-/m1/s1. The van der Waals surface area contributed by atoms with Gasteiger partial charge in [-0.1, -0.05) is 42.5 Å². The monoisotopic (exact) mass is 535 g/mol. The van der Waals surface area contributed by atoms with E-state index in [1.165, 1.54) is 16.8 Å². The third-order valence-electron chi connectivity index (χ3n) is 6.26. The summed E-state index contributed by atoms with van der Waals surface area (Å²) in [4.78, 5) is 40.3. The van der Waals surface area contributed by atoms with Crippen molar-refractivity contribution in [3.05, 3.63) is 108 Å². The fraction of sp³-hybridized carbons (Fsp3) is 0.103. The summed E-state index contributed by atoms with van der Waals surface area (Å²) in [5.74, 6) is -1.51. The molecule has 10 nitrogen and oxygen atoms in total. The molecule has 0 radical (unpaired) electrons. The highest BCUT2D eigenvalue weighted by molar-refractivity contribution is 6.20. The average Bonchev–Trinajstić information content (AvgIpc) is 3.30. The molecule has 0 saturated carbocycles. The second kappa shape index (κ2) is 10.4. The number of rotatable bonds is 6. The molecule has 5 aromatic rings. The van der Waals surface area contributed by atoms with Crippen LogP contribution in [0.5, 0.6) is 5.88 Å². The maximum absolute atomic E-state index is 14.8. The van der Waals surface area contributed by atoms with E-state index in [9.17, 15) is 14.0 Å². The number of pyridine rings is 1. The third kappa shape index (κ3) is 4.53. The lowest BCUT2D eigenvalue weighted by Gasteiger charge is -2.13. The lowest BCUT2D eigenvalue weighted by Crippen LogP contribution is -2.42. The Balaban J connectivity index is 1.42. The summed E-state index contributed by atoms with van der Waals surface area (Å²) in [5, 5.41) is 9.83. The summed E-state index contributed by atoms with van der Waals surface area (Å²) >= 11 is 0. The van der Waals surface area contributed by atoms with Gasteiger partial charge in [0.1, 0.15) is 17.1 Å². The van der Waals surface area contributed by atoms with Gasteiger partial charge in [-0.3, -0.25) is 9.59 Å². The van der Waals surface area contributed by atoms with Crippen LogP contribution < -0.4 is 15.4 Å². The Labute approximate surface area is 227 Å². The first-order valence-corrected chi connectivity index (χ1v) is 12.5. The van der Waals surface area contributed by atoms with Crippen LogP contribution in [-0.2, 0) is 4.79 Å². The van der Waals surface area contributed by atoms with E-state index in [4.69, 9.17) is 4.74 Å². The van der Waals surface area contributed by atoms with Gasteiger partial charge in [-0.2, -0.15) is 5.10 Å². The molecule has 0 saturated heterocycles. The number of carbonyl (C=O) groups is 2. The van der Waals surface area contributed by atoms with E-state index in [1.807, 2.05) is 25.1 Å². The number of aromatic nitrogens is 4. The molecular formula is C29H22FN7O3. The number of hydrogen-bond donors (Lipinski definition) is 2. The van der Waals surface area contributed by atoms with Crippen molar-refractivity contribution in [1.29, 1.82) is 0 Å². The zero-order valence-electron chi connectivity index (χ0n) is 21.2. The van der Waals surface area contributed by atoms with Gasteiger partial charge in [0.05, 0.1) is 18.0 Å². The first-order chi connectivity index (χ1) is 19.5. The van der Waals surface area contributed by atoms with Crippen LogP contribution in [0.4, 0.5) is 10.1 Å². The molecule has 3 aromatic heterocycles. The van der Waals surface area contributed by atoms with E-state index in [0.717, 1.165) is 0 Å². The minimum absolute atomic E-state index is 0.00865. The smallest absolute Gasteiger partial charge is 0.269 e. The molecule has 0 fully saturated rings. The maximum atomic E-state index is 14.8. The number of benzene rings is 2. The van der Waals surface area contributed by atoms with Crippen LogP contribution in [0.15, 0.2) is 90.3 Å². The summed E-state index contributed by atoms with van der Waals surface area (Å²) in [7, 11) is 0. The number of aliphatic imine (C=N–C) groups is 1. The number of hydrogen-bond acceptors (Lipinski definition) is 7. The average molecular weight is 536 g/mol. The highest BCUT2D eigenvalue weighted by atomic mass is 19.1.